The Morgan fingerprint density at radius 2 is 1.65 bits per heavy atom. The largest absolute Gasteiger partial charge is 0.471 e. The molecule has 0 fully saturated rings. The van der Waals surface area contributed by atoms with E-state index in [1.807, 2.05) is 0 Å². The Morgan fingerprint density at radius 1 is 1.12 bits per heavy atom. The molecule has 0 aliphatic heterocycles. The van der Waals surface area contributed by atoms with Gasteiger partial charge in [0, 0.05) is 0 Å². The van der Waals surface area contributed by atoms with Gasteiger partial charge in [0.15, 0.2) is 0 Å². The van der Waals surface area contributed by atoms with Crippen LogP contribution in [0.3, 0.4) is 0 Å². The number of rotatable bonds is 9. The number of amides is 1. The third kappa shape index (κ3) is 6.44. The minimum atomic E-state index is -5.29. The lowest BCUT2D eigenvalue weighted by Crippen LogP contribution is -2.47. The quantitative estimate of drug-likeness (QED) is 0.509. The van der Waals surface area contributed by atoms with Gasteiger partial charge in [0.05, 0.1) is 13.2 Å². The van der Waals surface area contributed by atoms with Gasteiger partial charge in [-0.1, -0.05) is 30.3 Å². The fraction of sp³-hybridized carbons (Fsp3) is 0.467. The smallest absolute Gasteiger partial charge is 0.459 e. The Labute approximate surface area is 148 Å². The molecule has 0 spiro atoms. The van der Waals surface area contributed by atoms with E-state index in [1.165, 1.54) is 19.2 Å². The predicted octanol–water partition coefficient (Wildman–Crippen LogP) is 3.00. The van der Waals surface area contributed by atoms with Crippen molar-refractivity contribution in [2.75, 3.05) is 13.2 Å². The Hall–Kier alpha value is -1.90. The van der Waals surface area contributed by atoms with Crippen LogP contribution in [-0.2, 0) is 34.5 Å². The van der Waals surface area contributed by atoms with E-state index in [0.29, 0.717) is 5.56 Å². The normalized spacial score (nSPS) is 13.1. The number of halogens is 3. The molecule has 0 bridgehead atoms. The van der Waals surface area contributed by atoms with Crippen LogP contribution in [0.5, 0.6) is 0 Å². The molecule has 0 aliphatic carbocycles. The van der Waals surface area contributed by atoms with Crippen molar-refractivity contribution in [3.63, 3.8) is 0 Å². The summed E-state index contributed by atoms with van der Waals surface area (Å²) in [6, 6.07) is 8.27. The maximum absolute atomic E-state index is 12.7. The first kappa shape index (κ1) is 22.1. The fourth-order valence-corrected chi connectivity index (χ4v) is 3.53. The van der Waals surface area contributed by atoms with Crippen LogP contribution in [0.4, 0.5) is 13.2 Å². The van der Waals surface area contributed by atoms with Crippen LogP contribution in [0.15, 0.2) is 30.3 Å². The van der Waals surface area contributed by atoms with Crippen molar-refractivity contribution >= 4 is 19.5 Å². The first-order valence-electron chi connectivity index (χ1n) is 7.61. The van der Waals surface area contributed by atoms with Crippen LogP contribution < -0.4 is 5.32 Å². The van der Waals surface area contributed by atoms with E-state index in [1.54, 1.807) is 30.3 Å². The van der Waals surface area contributed by atoms with Gasteiger partial charge in [0.25, 0.3) is 0 Å². The van der Waals surface area contributed by atoms with Gasteiger partial charge in [-0.25, -0.2) is 4.79 Å². The second-order valence-electron chi connectivity index (χ2n) is 4.84. The van der Waals surface area contributed by atoms with Crippen molar-refractivity contribution in [3.8, 4) is 0 Å². The molecule has 1 atom stereocenters. The molecular formula is C15H19F3NO6P. The van der Waals surface area contributed by atoms with Crippen LogP contribution in [-0.4, -0.2) is 37.0 Å². The number of carbonyl (C=O) groups excluding carboxylic acids is 2. The molecule has 26 heavy (non-hydrogen) atoms. The van der Waals surface area contributed by atoms with Gasteiger partial charge in [0.2, 0.25) is 5.78 Å². The average Bonchev–Trinajstić information content (AvgIpc) is 2.57. The number of nitrogens with one attached hydrogen (secondary N) is 1. The molecule has 11 heteroatoms. The maximum Gasteiger partial charge on any atom is 0.471 e. The van der Waals surface area contributed by atoms with Crippen molar-refractivity contribution in [1.29, 1.82) is 0 Å². The van der Waals surface area contributed by atoms with Crippen molar-refractivity contribution in [2.24, 2.45) is 0 Å². The lowest BCUT2D eigenvalue weighted by molar-refractivity contribution is -0.175. The molecule has 1 N–H and O–H groups in total. The molecule has 146 valence electrons. The summed E-state index contributed by atoms with van der Waals surface area (Å²) in [5.74, 6) is -6.07. The Bertz CT molecular complexity index is 643. The minimum absolute atomic E-state index is 0.221. The van der Waals surface area contributed by atoms with Crippen molar-refractivity contribution in [3.05, 3.63) is 35.9 Å². The van der Waals surface area contributed by atoms with Crippen molar-refractivity contribution < 1.29 is 41.1 Å². The highest BCUT2D eigenvalue weighted by molar-refractivity contribution is 7.55. The summed E-state index contributed by atoms with van der Waals surface area (Å²) >= 11 is 0. The summed E-state index contributed by atoms with van der Waals surface area (Å²) in [6.45, 7) is 2.08. The molecule has 1 unspecified atom stereocenters. The van der Waals surface area contributed by atoms with E-state index in [9.17, 15) is 27.3 Å². The number of ether oxygens (including phenoxy) is 1. The number of alkyl halides is 3. The Balaban J connectivity index is 3.03. The Kier molecular flexibility index (Phi) is 8.26. The highest BCUT2D eigenvalue weighted by atomic mass is 31.2. The van der Waals surface area contributed by atoms with E-state index in [2.05, 4.69) is 0 Å². The first-order valence-corrected chi connectivity index (χ1v) is 9.22. The number of benzene rings is 1. The van der Waals surface area contributed by atoms with Crippen LogP contribution >= 0.6 is 7.60 Å². The molecule has 0 saturated heterocycles. The third-order valence-electron chi connectivity index (χ3n) is 2.91. The lowest BCUT2D eigenvalue weighted by Gasteiger charge is -2.25. The third-order valence-corrected chi connectivity index (χ3v) is 5.12. The monoisotopic (exact) mass is 397 g/mol. The molecule has 1 aromatic rings. The van der Waals surface area contributed by atoms with Crippen molar-refractivity contribution in [2.45, 2.75) is 32.4 Å². The molecule has 1 amide bonds. The topological polar surface area (TPSA) is 90.9 Å². The van der Waals surface area contributed by atoms with Crippen LogP contribution in [0.1, 0.15) is 19.4 Å². The van der Waals surface area contributed by atoms with E-state index in [0.717, 1.165) is 0 Å². The number of esters is 1. The molecule has 7 nitrogen and oxygen atoms in total. The molecular weight excluding hydrogens is 378 g/mol. The fourth-order valence-electron chi connectivity index (χ4n) is 1.83. The zero-order valence-electron chi connectivity index (χ0n) is 14.1. The zero-order chi connectivity index (χ0) is 19.8. The van der Waals surface area contributed by atoms with E-state index in [-0.39, 0.29) is 19.8 Å². The van der Waals surface area contributed by atoms with E-state index in [4.69, 9.17) is 13.8 Å². The van der Waals surface area contributed by atoms with Gasteiger partial charge in [-0.3, -0.25) is 9.36 Å². The summed E-state index contributed by atoms with van der Waals surface area (Å²) in [6.07, 6.45) is -5.29. The Morgan fingerprint density at radius 3 is 2.12 bits per heavy atom. The van der Waals surface area contributed by atoms with Gasteiger partial charge >= 0.3 is 25.6 Å². The first-order chi connectivity index (χ1) is 12.1. The van der Waals surface area contributed by atoms with Gasteiger partial charge in [0.1, 0.15) is 6.61 Å². The standard InChI is InChI=1S/C15H19F3NO6P/c1-3-24-26(22,25-4-2)12(19-14(21)15(16,17)18)13(20)23-10-11-8-6-5-7-9-11/h5-9,12H,3-4,10H2,1-2H3,(H,19,21). The van der Waals surface area contributed by atoms with Crippen LogP contribution in [0, 0.1) is 0 Å². The molecule has 0 aromatic heterocycles. The van der Waals surface area contributed by atoms with Crippen molar-refractivity contribution in [1.82, 2.24) is 5.32 Å². The second kappa shape index (κ2) is 9.70. The second-order valence-corrected chi connectivity index (χ2v) is 6.95. The molecule has 0 heterocycles. The maximum atomic E-state index is 12.7. The average molecular weight is 397 g/mol. The lowest BCUT2D eigenvalue weighted by atomic mass is 10.2. The number of hydrogen-bond donors (Lipinski definition) is 1. The summed E-state index contributed by atoms with van der Waals surface area (Å²) in [4.78, 5) is 23.5. The molecule has 1 rings (SSSR count). The summed E-state index contributed by atoms with van der Waals surface area (Å²) in [5.41, 5.74) is 0.546. The van der Waals surface area contributed by atoms with Gasteiger partial charge in [-0.2, -0.15) is 13.2 Å². The molecule has 1 aromatic carbocycles. The SMILES string of the molecule is CCOP(=O)(OCC)C(NC(=O)C(F)(F)F)C(=O)OCc1ccccc1. The summed E-state index contributed by atoms with van der Waals surface area (Å²) in [7, 11) is -4.44. The van der Waals surface area contributed by atoms with Gasteiger partial charge in [-0.05, 0) is 19.4 Å². The predicted molar refractivity (Wildman–Crippen MR) is 85.1 cm³/mol. The minimum Gasteiger partial charge on any atom is -0.459 e. The van der Waals surface area contributed by atoms with E-state index >= 15 is 0 Å². The highest BCUT2D eigenvalue weighted by Gasteiger charge is 2.48. The summed E-state index contributed by atoms with van der Waals surface area (Å²) < 4.78 is 65.0. The van der Waals surface area contributed by atoms with Gasteiger partial charge in [-0.15, -0.1) is 0 Å². The highest BCUT2D eigenvalue weighted by Crippen LogP contribution is 2.52. The summed E-state index contributed by atoms with van der Waals surface area (Å²) in [5, 5.41) is 1.35. The van der Waals surface area contributed by atoms with E-state index < -0.39 is 31.4 Å². The molecule has 0 aliphatic rings. The van der Waals surface area contributed by atoms with Crippen LogP contribution in [0.2, 0.25) is 0 Å². The van der Waals surface area contributed by atoms with Gasteiger partial charge < -0.3 is 19.1 Å². The van der Waals surface area contributed by atoms with Crippen LogP contribution in [0.25, 0.3) is 0 Å². The molecule has 0 saturated carbocycles. The number of hydrogen-bond acceptors (Lipinski definition) is 6. The number of carbonyl (C=O) groups is 2. The molecule has 0 radical (unpaired) electrons. The zero-order valence-corrected chi connectivity index (χ0v) is 15.0.